The Labute approximate surface area is 149 Å². The predicted octanol–water partition coefficient (Wildman–Crippen LogP) is 4.48. The summed E-state index contributed by atoms with van der Waals surface area (Å²) in [7, 11) is 0. The number of nitrogens with zero attached hydrogens (tertiary/aromatic N) is 1. The van der Waals surface area contributed by atoms with Crippen LogP contribution in [0, 0.1) is 23.7 Å². The lowest BCUT2D eigenvalue weighted by molar-refractivity contribution is -0.123. The molecule has 4 aliphatic rings. The first-order valence-corrected chi connectivity index (χ1v) is 9.92. The third kappa shape index (κ3) is 2.17. The van der Waals surface area contributed by atoms with E-state index in [9.17, 15) is 9.59 Å². The van der Waals surface area contributed by atoms with Crippen LogP contribution in [0.15, 0.2) is 41.5 Å². The topological polar surface area (TPSA) is 37.4 Å². The molecule has 1 aromatic rings. The number of rotatable bonds is 1. The van der Waals surface area contributed by atoms with Crippen molar-refractivity contribution in [2.45, 2.75) is 51.4 Å². The summed E-state index contributed by atoms with van der Waals surface area (Å²) >= 11 is 0. The molecule has 3 fully saturated rings. The third-order valence-electron chi connectivity index (χ3n) is 7.01. The van der Waals surface area contributed by atoms with E-state index in [0.29, 0.717) is 11.8 Å². The Kier molecular flexibility index (Phi) is 3.58. The summed E-state index contributed by atoms with van der Waals surface area (Å²) in [6.07, 6.45) is 9.40. The smallest absolute Gasteiger partial charge is 0.238 e. The van der Waals surface area contributed by atoms with E-state index in [1.807, 2.05) is 30.3 Å². The molecule has 3 heteroatoms. The zero-order valence-corrected chi connectivity index (χ0v) is 14.6. The van der Waals surface area contributed by atoms with Crippen molar-refractivity contribution in [3.8, 4) is 0 Å². The van der Waals surface area contributed by atoms with E-state index < -0.39 is 0 Å². The first-order chi connectivity index (χ1) is 12.3. The maximum Gasteiger partial charge on any atom is 0.238 e. The summed E-state index contributed by atoms with van der Waals surface area (Å²) in [5.41, 5.74) is 3.91. The van der Waals surface area contributed by atoms with Crippen LogP contribution in [0.2, 0.25) is 0 Å². The fraction of sp³-hybridized carbons (Fsp3) is 0.545. The second-order valence-corrected chi connectivity index (χ2v) is 8.15. The summed E-state index contributed by atoms with van der Waals surface area (Å²) in [6, 6.07) is 9.54. The van der Waals surface area contributed by atoms with Gasteiger partial charge in [0.25, 0.3) is 0 Å². The number of allylic oxidation sites excluding steroid dienone is 2. The van der Waals surface area contributed by atoms with Gasteiger partial charge in [-0.15, -0.1) is 0 Å². The molecule has 0 bridgehead atoms. The van der Waals surface area contributed by atoms with E-state index >= 15 is 0 Å². The predicted molar refractivity (Wildman–Crippen MR) is 96.9 cm³/mol. The maximum absolute atomic E-state index is 13.4. The zero-order valence-electron chi connectivity index (χ0n) is 14.6. The Balaban J connectivity index is 1.61. The number of benzene rings is 1. The Hall–Kier alpha value is -1.90. The summed E-state index contributed by atoms with van der Waals surface area (Å²) in [5.74, 6) is 0.580. The van der Waals surface area contributed by atoms with Gasteiger partial charge in [0.15, 0.2) is 0 Å². The van der Waals surface area contributed by atoms with Crippen LogP contribution in [0.4, 0.5) is 5.69 Å². The Morgan fingerprint density at radius 3 is 1.76 bits per heavy atom. The van der Waals surface area contributed by atoms with Gasteiger partial charge in [-0.3, -0.25) is 14.5 Å². The maximum atomic E-state index is 13.4. The van der Waals surface area contributed by atoms with Gasteiger partial charge in [0.2, 0.25) is 11.8 Å². The summed E-state index contributed by atoms with van der Waals surface area (Å²) < 4.78 is 0. The zero-order chi connectivity index (χ0) is 17.0. The molecule has 0 aromatic heterocycles. The standard InChI is InChI=1S/C22H25NO2/c24-21-19-17-12-6-4-10-15(17)16-11-5-7-13-18(16)20(19)22(25)23(21)14-8-2-1-3-9-14/h1-3,8-9,17-20H,4-7,10-13H2/t17-,18-,19-,20-/m0/s1. The first kappa shape index (κ1) is 15.4. The Bertz CT molecular complexity index is 707. The van der Waals surface area contributed by atoms with E-state index in [1.165, 1.54) is 30.6 Å². The van der Waals surface area contributed by atoms with Gasteiger partial charge in [-0.25, -0.2) is 0 Å². The van der Waals surface area contributed by atoms with Crippen LogP contribution in [0.5, 0.6) is 0 Å². The third-order valence-corrected chi connectivity index (χ3v) is 7.01. The van der Waals surface area contributed by atoms with Crippen LogP contribution < -0.4 is 4.90 Å². The van der Waals surface area contributed by atoms with Gasteiger partial charge in [-0.05, 0) is 62.5 Å². The molecule has 5 rings (SSSR count). The van der Waals surface area contributed by atoms with Gasteiger partial charge >= 0.3 is 0 Å². The number of carbonyl (C=O) groups is 2. The number of carbonyl (C=O) groups excluding carboxylic acids is 2. The quantitative estimate of drug-likeness (QED) is 0.560. The van der Waals surface area contributed by atoms with Gasteiger partial charge < -0.3 is 0 Å². The average Bonchev–Trinajstić information content (AvgIpc) is 2.94. The van der Waals surface area contributed by atoms with Gasteiger partial charge in [-0.1, -0.05) is 42.2 Å². The number of hydrogen-bond acceptors (Lipinski definition) is 2. The van der Waals surface area contributed by atoms with Gasteiger partial charge in [0.1, 0.15) is 0 Å². The molecule has 0 radical (unpaired) electrons. The SMILES string of the molecule is O=C1[C@@H]2[C@@H](C(=O)N1c1ccccc1)[C@H]1CCCCC1=C1CCCC[C@@H]12. The largest absolute Gasteiger partial charge is 0.274 e. The van der Waals surface area contributed by atoms with E-state index in [1.54, 1.807) is 11.1 Å². The van der Waals surface area contributed by atoms with Crippen LogP contribution in [-0.4, -0.2) is 11.8 Å². The fourth-order valence-corrected chi connectivity index (χ4v) is 6.06. The van der Waals surface area contributed by atoms with Crippen molar-refractivity contribution in [3.05, 3.63) is 41.5 Å². The Morgan fingerprint density at radius 2 is 1.24 bits per heavy atom. The van der Waals surface area contributed by atoms with Crippen molar-refractivity contribution < 1.29 is 9.59 Å². The van der Waals surface area contributed by atoms with Crippen LogP contribution in [0.25, 0.3) is 0 Å². The molecule has 1 aliphatic heterocycles. The first-order valence-electron chi connectivity index (χ1n) is 9.92. The molecule has 25 heavy (non-hydrogen) atoms. The number of hydrogen-bond donors (Lipinski definition) is 0. The van der Waals surface area contributed by atoms with Gasteiger partial charge in [0.05, 0.1) is 17.5 Å². The molecule has 0 unspecified atom stereocenters. The highest BCUT2D eigenvalue weighted by Crippen LogP contribution is 2.56. The van der Waals surface area contributed by atoms with Crippen molar-refractivity contribution in [2.75, 3.05) is 4.90 Å². The van der Waals surface area contributed by atoms with Crippen LogP contribution in [-0.2, 0) is 9.59 Å². The minimum absolute atomic E-state index is 0.0650. The van der Waals surface area contributed by atoms with E-state index in [0.717, 1.165) is 31.4 Å². The van der Waals surface area contributed by atoms with Crippen LogP contribution in [0.1, 0.15) is 51.4 Å². The lowest BCUT2D eigenvalue weighted by Gasteiger charge is -2.44. The lowest BCUT2D eigenvalue weighted by atomic mass is 9.58. The van der Waals surface area contributed by atoms with Crippen molar-refractivity contribution in [1.29, 1.82) is 0 Å². The molecule has 1 saturated heterocycles. The number of imide groups is 1. The summed E-state index contributed by atoms with van der Waals surface area (Å²) in [6.45, 7) is 0. The van der Waals surface area contributed by atoms with Crippen molar-refractivity contribution in [2.24, 2.45) is 23.7 Å². The fourth-order valence-electron chi connectivity index (χ4n) is 6.06. The highest BCUT2D eigenvalue weighted by molar-refractivity contribution is 6.22. The molecule has 4 atom stereocenters. The molecule has 0 spiro atoms. The number of fused-ring (bicyclic) bond motifs is 5. The van der Waals surface area contributed by atoms with E-state index in [4.69, 9.17) is 0 Å². The monoisotopic (exact) mass is 335 g/mol. The highest BCUT2D eigenvalue weighted by Gasteiger charge is 2.58. The molecule has 1 aromatic carbocycles. The van der Waals surface area contributed by atoms with Gasteiger partial charge in [-0.2, -0.15) is 0 Å². The molecular formula is C22H25NO2. The Morgan fingerprint density at radius 1 is 0.720 bits per heavy atom. The number of para-hydroxylation sites is 1. The molecule has 3 aliphatic carbocycles. The van der Waals surface area contributed by atoms with Gasteiger partial charge in [0, 0.05) is 0 Å². The molecule has 0 N–H and O–H groups in total. The lowest BCUT2D eigenvalue weighted by Crippen LogP contribution is -2.41. The minimum Gasteiger partial charge on any atom is -0.274 e. The molecular weight excluding hydrogens is 310 g/mol. The minimum atomic E-state index is -0.102. The van der Waals surface area contributed by atoms with Crippen LogP contribution >= 0.6 is 0 Å². The average molecular weight is 335 g/mol. The highest BCUT2D eigenvalue weighted by atomic mass is 16.2. The van der Waals surface area contributed by atoms with Crippen molar-refractivity contribution >= 4 is 17.5 Å². The second-order valence-electron chi connectivity index (χ2n) is 8.15. The van der Waals surface area contributed by atoms with E-state index in [-0.39, 0.29) is 23.7 Å². The summed E-state index contributed by atoms with van der Waals surface area (Å²) in [4.78, 5) is 28.2. The molecule has 2 saturated carbocycles. The molecule has 130 valence electrons. The van der Waals surface area contributed by atoms with Crippen molar-refractivity contribution in [1.82, 2.24) is 0 Å². The van der Waals surface area contributed by atoms with Crippen molar-refractivity contribution in [3.63, 3.8) is 0 Å². The number of amides is 2. The van der Waals surface area contributed by atoms with E-state index in [2.05, 4.69) is 0 Å². The summed E-state index contributed by atoms with van der Waals surface area (Å²) in [5, 5.41) is 0. The normalized spacial score (nSPS) is 34.6. The molecule has 1 heterocycles. The second kappa shape index (κ2) is 5.82. The van der Waals surface area contributed by atoms with Crippen LogP contribution in [0.3, 0.4) is 0 Å². The molecule has 2 amide bonds. The number of anilines is 1. The molecule has 3 nitrogen and oxygen atoms in total.